The molecule has 3 heterocycles. The Balaban J connectivity index is 1.81. The first kappa shape index (κ1) is 13.3. The summed E-state index contributed by atoms with van der Waals surface area (Å²) in [5.74, 6) is 1.20. The summed E-state index contributed by atoms with van der Waals surface area (Å²) < 4.78 is 7.91. The molecular weight excluding hydrogens is 278 g/mol. The zero-order valence-corrected chi connectivity index (χ0v) is 12.1. The second-order valence-corrected chi connectivity index (χ2v) is 5.57. The molecule has 0 spiro atoms. The van der Waals surface area contributed by atoms with E-state index >= 15 is 0 Å². The Hall–Kier alpha value is -2.40. The largest absolute Gasteiger partial charge is 0.508 e. The lowest BCUT2D eigenvalue weighted by molar-refractivity contribution is 0.103. The molecule has 3 aromatic rings. The number of fused-ring (bicyclic) bond motifs is 1. The number of hydrogen-bond acceptors (Lipinski definition) is 4. The van der Waals surface area contributed by atoms with Crippen LogP contribution in [0.4, 0.5) is 0 Å². The van der Waals surface area contributed by atoms with Gasteiger partial charge in [0.15, 0.2) is 5.65 Å². The van der Waals surface area contributed by atoms with Gasteiger partial charge >= 0.3 is 0 Å². The van der Waals surface area contributed by atoms with Gasteiger partial charge in [0.2, 0.25) is 0 Å². The smallest absolute Gasteiger partial charge is 0.160 e. The summed E-state index contributed by atoms with van der Waals surface area (Å²) in [5.41, 5.74) is 2.76. The van der Waals surface area contributed by atoms with Crippen LogP contribution in [0.1, 0.15) is 30.3 Å². The van der Waals surface area contributed by atoms with Crippen LogP contribution < -0.4 is 0 Å². The van der Waals surface area contributed by atoms with Crippen LogP contribution in [0, 0.1) is 0 Å². The Labute approximate surface area is 128 Å². The van der Waals surface area contributed by atoms with Crippen LogP contribution in [0.25, 0.3) is 11.2 Å². The Morgan fingerprint density at radius 1 is 1.27 bits per heavy atom. The molecular formula is C17H17N3O2. The summed E-state index contributed by atoms with van der Waals surface area (Å²) in [6.45, 7) is 1.41. The topological polar surface area (TPSA) is 60.2 Å². The molecule has 1 aliphatic heterocycles. The van der Waals surface area contributed by atoms with Crippen molar-refractivity contribution in [2.45, 2.75) is 25.5 Å². The van der Waals surface area contributed by atoms with E-state index in [0.717, 1.165) is 42.0 Å². The van der Waals surface area contributed by atoms with Gasteiger partial charge in [-0.3, -0.25) is 0 Å². The quantitative estimate of drug-likeness (QED) is 0.807. The van der Waals surface area contributed by atoms with Crippen LogP contribution in [-0.4, -0.2) is 26.2 Å². The van der Waals surface area contributed by atoms with Crippen molar-refractivity contribution in [1.82, 2.24) is 14.5 Å². The molecule has 2 aromatic heterocycles. The molecule has 22 heavy (non-hydrogen) atoms. The number of pyridine rings is 1. The van der Waals surface area contributed by atoms with Crippen molar-refractivity contribution in [3.63, 3.8) is 0 Å². The van der Waals surface area contributed by atoms with Gasteiger partial charge in [-0.25, -0.2) is 9.97 Å². The molecule has 1 atom stereocenters. The number of imidazole rings is 1. The molecule has 0 radical (unpaired) electrons. The van der Waals surface area contributed by atoms with Gasteiger partial charge in [-0.05, 0) is 42.7 Å². The lowest BCUT2D eigenvalue weighted by atomic mass is 10.2. The molecule has 5 nitrogen and oxygen atoms in total. The molecule has 1 aromatic carbocycles. The minimum atomic E-state index is 0.0338. The number of rotatable bonds is 3. The van der Waals surface area contributed by atoms with Gasteiger partial charge in [-0.1, -0.05) is 12.1 Å². The van der Waals surface area contributed by atoms with Crippen molar-refractivity contribution in [1.29, 1.82) is 0 Å². The molecule has 0 saturated carbocycles. The number of phenols is 1. The lowest BCUT2D eigenvalue weighted by Gasteiger charge is -2.13. The number of phenolic OH excluding ortho intramolecular Hbond substituents is 1. The van der Waals surface area contributed by atoms with E-state index in [0.29, 0.717) is 6.54 Å². The maximum Gasteiger partial charge on any atom is 0.160 e. The molecule has 0 amide bonds. The van der Waals surface area contributed by atoms with E-state index < -0.39 is 0 Å². The molecule has 5 heteroatoms. The van der Waals surface area contributed by atoms with Crippen molar-refractivity contribution >= 4 is 11.2 Å². The van der Waals surface area contributed by atoms with Crippen molar-refractivity contribution in [3.8, 4) is 5.75 Å². The van der Waals surface area contributed by atoms with Crippen molar-refractivity contribution < 1.29 is 9.84 Å². The van der Waals surface area contributed by atoms with Gasteiger partial charge in [0, 0.05) is 12.8 Å². The van der Waals surface area contributed by atoms with Gasteiger partial charge in [0.05, 0.1) is 6.54 Å². The normalized spacial score (nSPS) is 18.1. The van der Waals surface area contributed by atoms with Crippen LogP contribution in [0.3, 0.4) is 0 Å². The molecule has 1 unspecified atom stereocenters. The maximum absolute atomic E-state index is 9.67. The van der Waals surface area contributed by atoms with Gasteiger partial charge in [-0.15, -0.1) is 0 Å². The third kappa shape index (κ3) is 2.33. The van der Waals surface area contributed by atoms with Crippen molar-refractivity contribution in [2.24, 2.45) is 0 Å². The maximum atomic E-state index is 9.67. The number of ether oxygens (including phenoxy) is 1. The highest BCUT2D eigenvalue weighted by atomic mass is 16.5. The molecule has 1 N–H and O–H groups in total. The number of aromatic nitrogens is 3. The highest BCUT2D eigenvalue weighted by Gasteiger charge is 2.25. The molecule has 0 bridgehead atoms. The fourth-order valence-corrected chi connectivity index (χ4v) is 3.00. The molecule has 1 fully saturated rings. The number of benzene rings is 1. The molecule has 0 aliphatic carbocycles. The fraction of sp³-hybridized carbons (Fsp3) is 0.294. The van der Waals surface area contributed by atoms with E-state index in [1.54, 1.807) is 18.3 Å². The van der Waals surface area contributed by atoms with E-state index in [1.807, 2.05) is 24.3 Å². The minimum Gasteiger partial charge on any atom is -0.508 e. The van der Waals surface area contributed by atoms with Gasteiger partial charge in [0.25, 0.3) is 0 Å². The third-order valence-electron chi connectivity index (χ3n) is 4.00. The van der Waals surface area contributed by atoms with E-state index in [4.69, 9.17) is 9.72 Å². The predicted octanol–water partition coefficient (Wildman–Crippen LogP) is 3.04. The number of nitrogens with zero attached hydrogens (tertiary/aromatic N) is 3. The van der Waals surface area contributed by atoms with Crippen LogP contribution in [-0.2, 0) is 11.3 Å². The number of hydrogen-bond donors (Lipinski definition) is 1. The first-order valence-electron chi connectivity index (χ1n) is 7.52. The second-order valence-electron chi connectivity index (χ2n) is 5.57. The van der Waals surface area contributed by atoms with Gasteiger partial charge in [0.1, 0.15) is 23.2 Å². The fourth-order valence-electron chi connectivity index (χ4n) is 3.00. The van der Waals surface area contributed by atoms with E-state index in [1.165, 1.54) is 0 Å². The summed E-state index contributed by atoms with van der Waals surface area (Å²) in [4.78, 5) is 9.20. The van der Waals surface area contributed by atoms with Crippen LogP contribution in [0.5, 0.6) is 5.75 Å². The highest BCUT2D eigenvalue weighted by molar-refractivity contribution is 5.71. The van der Waals surface area contributed by atoms with Gasteiger partial charge < -0.3 is 14.4 Å². The third-order valence-corrected chi connectivity index (χ3v) is 4.00. The SMILES string of the molecule is Oc1cccc(Cn2c(C3CCCO3)nc3cccnc32)c1. The first-order chi connectivity index (χ1) is 10.8. The molecule has 1 saturated heterocycles. The highest BCUT2D eigenvalue weighted by Crippen LogP contribution is 2.30. The minimum absolute atomic E-state index is 0.0338. The van der Waals surface area contributed by atoms with E-state index in [-0.39, 0.29) is 11.9 Å². The Morgan fingerprint density at radius 2 is 2.23 bits per heavy atom. The zero-order chi connectivity index (χ0) is 14.9. The number of aromatic hydroxyl groups is 1. The summed E-state index contributed by atoms with van der Waals surface area (Å²) >= 11 is 0. The lowest BCUT2D eigenvalue weighted by Crippen LogP contribution is -2.10. The Kier molecular flexibility index (Phi) is 3.27. The standard InChI is InChI=1S/C17H17N3O2/c21-13-5-1-4-12(10-13)11-20-16-14(6-2-8-18-16)19-17(20)15-7-3-9-22-15/h1-2,4-6,8,10,15,21H,3,7,9,11H2. The summed E-state index contributed by atoms with van der Waals surface area (Å²) in [5, 5.41) is 9.67. The van der Waals surface area contributed by atoms with E-state index in [2.05, 4.69) is 9.55 Å². The van der Waals surface area contributed by atoms with Crippen LogP contribution >= 0.6 is 0 Å². The average molecular weight is 295 g/mol. The molecule has 1 aliphatic rings. The summed E-state index contributed by atoms with van der Waals surface area (Å²) in [7, 11) is 0. The van der Waals surface area contributed by atoms with Gasteiger partial charge in [-0.2, -0.15) is 0 Å². The molecule has 4 rings (SSSR count). The van der Waals surface area contributed by atoms with Crippen molar-refractivity contribution in [3.05, 3.63) is 54.0 Å². The summed E-state index contributed by atoms with van der Waals surface area (Å²) in [6, 6.07) is 11.2. The van der Waals surface area contributed by atoms with Crippen molar-refractivity contribution in [2.75, 3.05) is 6.61 Å². The Morgan fingerprint density at radius 3 is 3.05 bits per heavy atom. The second kappa shape index (κ2) is 5.42. The Bertz CT molecular complexity index is 807. The average Bonchev–Trinajstić information content (AvgIpc) is 3.15. The predicted molar refractivity (Wildman–Crippen MR) is 82.7 cm³/mol. The van der Waals surface area contributed by atoms with E-state index in [9.17, 15) is 5.11 Å². The summed E-state index contributed by atoms with van der Waals surface area (Å²) in [6.07, 6.45) is 3.87. The van der Waals surface area contributed by atoms with Crippen LogP contribution in [0.2, 0.25) is 0 Å². The zero-order valence-electron chi connectivity index (χ0n) is 12.1. The molecule has 112 valence electrons. The monoisotopic (exact) mass is 295 g/mol. The van der Waals surface area contributed by atoms with Crippen LogP contribution in [0.15, 0.2) is 42.6 Å². The first-order valence-corrected chi connectivity index (χ1v) is 7.52.